The van der Waals surface area contributed by atoms with Crippen LogP contribution in [0.15, 0.2) is 0 Å². The third-order valence-electron chi connectivity index (χ3n) is 1.75. The summed E-state index contributed by atoms with van der Waals surface area (Å²) in [7, 11) is 0. The fraction of sp³-hybridized carbons (Fsp3) is 1.00. The van der Waals surface area contributed by atoms with Crippen LogP contribution in [-0.4, -0.2) is 46.9 Å². The minimum absolute atomic E-state index is 0.306. The van der Waals surface area contributed by atoms with Crippen molar-refractivity contribution in [2.45, 2.75) is 67.2 Å². The van der Waals surface area contributed by atoms with E-state index >= 15 is 0 Å². The van der Waals surface area contributed by atoms with Gasteiger partial charge in [-0.05, 0) is 24.7 Å². The fourth-order valence-corrected chi connectivity index (χ4v) is 0.316. The average molecular weight is 296 g/mol. The van der Waals surface area contributed by atoms with E-state index in [0.717, 1.165) is 25.7 Å². The van der Waals surface area contributed by atoms with Gasteiger partial charge in [-0.3, -0.25) is 0 Å². The molecular weight excluding hydrogens is 256 g/mol. The summed E-state index contributed by atoms with van der Waals surface area (Å²) in [4.78, 5) is 0. The van der Waals surface area contributed by atoms with Crippen LogP contribution >= 0.6 is 0 Å². The first-order valence-corrected chi connectivity index (χ1v) is 7.81. The van der Waals surface area contributed by atoms with Crippen molar-refractivity contribution in [2.75, 3.05) is 26.4 Å². The molecule has 0 bridgehead atoms. The zero-order valence-corrected chi connectivity index (χ0v) is 14.6. The molecule has 0 aliphatic rings. The van der Waals surface area contributed by atoms with Crippen LogP contribution in [0.5, 0.6) is 0 Å². The molecule has 0 fully saturated rings. The standard InChI is InChI=1S/4C4H10O/c2*1-4(2)3-5;2*1-2-3-4-5/h2*4-5H,3H2,1-2H3;2*5H,2-4H2,1H3. The molecule has 0 heterocycles. The highest BCUT2D eigenvalue weighted by Gasteiger charge is 1.82. The molecule has 4 nitrogen and oxygen atoms in total. The van der Waals surface area contributed by atoms with E-state index in [0.29, 0.717) is 38.3 Å². The van der Waals surface area contributed by atoms with Crippen molar-refractivity contribution in [1.29, 1.82) is 0 Å². The largest absolute Gasteiger partial charge is 0.396 e. The molecular formula is C16H40O4. The van der Waals surface area contributed by atoms with E-state index in [9.17, 15) is 0 Å². The summed E-state index contributed by atoms with van der Waals surface area (Å²) in [5, 5.41) is 32.4. The molecule has 0 radical (unpaired) electrons. The summed E-state index contributed by atoms with van der Waals surface area (Å²) < 4.78 is 0. The molecule has 0 amide bonds. The van der Waals surface area contributed by atoms with Gasteiger partial charge in [0.2, 0.25) is 0 Å². The molecule has 0 saturated heterocycles. The lowest BCUT2D eigenvalue weighted by Crippen LogP contribution is -1.90. The van der Waals surface area contributed by atoms with Crippen LogP contribution in [0.25, 0.3) is 0 Å². The van der Waals surface area contributed by atoms with Gasteiger partial charge in [0.1, 0.15) is 0 Å². The zero-order valence-electron chi connectivity index (χ0n) is 14.6. The summed E-state index contributed by atoms with van der Waals surface area (Å²) in [5.41, 5.74) is 0. The summed E-state index contributed by atoms with van der Waals surface area (Å²) in [5.74, 6) is 0.880. The van der Waals surface area contributed by atoms with Crippen LogP contribution in [0.3, 0.4) is 0 Å². The first kappa shape index (κ1) is 28.1. The molecule has 20 heavy (non-hydrogen) atoms. The van der Waals surface area contributed by atoms with Crippen LogP contribution in [0.1, 0.15) is 67.2 Å². The predicted molar refractivity (Wildman–Crippen MR) is 87.8 cm³/mol. The van der Waals surface area contributed by atoms with Crippen LogP contribution in [-0.2, 0) is 0 Å². The maximum atomic E-state index is 8.14. The molecule has 0 rings (SSSR count). The van der Waals surface area contributed by atoms with Crippen molar-refractivity contribution in [2.24, 2.45) is 11.8 Å². The average Bonchev–Trinajstić information content (AvgIpc) is 2.42. The van der Waals surface area contributed by atoms with E-state index in [1.807, 2.05) is 27.7 Å². The summed E-state index contributed by atoms with van der Waals surface area (Å²) in [6, 6.07) is 0. The summed E-state index contributed by atoms with van der Waals surface area (Å²) in [6.45, 7) is 13.3. The number of aliphatic hydroxyl groups is 4. The molecule has 0 aromatic rings. The van der Waals surface area contributed by atoms with E-state index < -0.39 is 0 Å². The smallest absolute Gasteiger partial charge is 0.0453 e. The lowest BCUT2D eigenvalue weighted by molar-refractivity contribution is 0.248. The third kappa shape index (κ3) is 82.3. The Bertz CT molecular complexity index is 99.0. The highest BCUT2D eigenvalue weighted by Crippen LogP contribution is 1.84. The highest BCUT2D eigenvalue weighted by atomic mass is 16.3. The van der Waals surface area contributed by atoms with Gasteiger partial charge >= 0.3 is 0 Å². The molecule has 0 unspecified atom stereocenters. The topological polar surface area (TPSA) is 80.9 Å². The lowest BCUT2D eigenvalue weighted by Gasteiger charge is -1.90. The van der Waals surface area contributed by atoms with Gasteiger partial charge in [0.25, 0.3) is 0 Å². The molecule has 0 aliphatic carbocycles. The van der Waals surface area contributed by atoms with Gasteiger partial charge in [0.15, 0.2) is 0 Å². The molecule has 0 aromatic carbocycles. The monoisotopic (exact) mass is 296 g/mol. The SMILES string of the molecule is CC(C)CO.CC(C)CO.CCCCO.CCCCO. The van der Waals surface area contributed by atoms with Gasteiger partial charge in [0.05, 0.1) is 0 Å². The Morgan fingerprint density at radius 3 is 0.800 bits per heavy atom. The second-order valence-electron chi connectivity index (χ2n) is 5.31. The molecule has 4 N–H and O–H groups in total. The maximum Gasteiger partial charge on any atom is 0.0453 e. The first-order chi connectivity index (χ1) is 9.37. The fourth-order valence-electron chi connectivity index (χ4n) is 0.316. The Morgan fingerprint density at radius 2 is 0.800 bits per heavy atom. The second-order valence-corrected chi connectivity index (χ2v) is 5.31. The van der Waals surface area contributed by atoms with Gasteiger partial charge < -0.3 is 20.4 Å². The van der Waals surface area contributed by atoms with Crippen LogP contribution in [0, 0.1) is 11.8 Å². The summed E-state index contributed by atoms with van der Waals surface area (Å²) in [6.07, 6.45) is 4.08. The maximum absolute atomic E-state index is 8.14. The van der Waals surface area contributed by atoms with Crippen molar-refractivity contribution in [3.05, 3.63) is 0 Å². The zero-order chi connectivity index (χ0) is 16.8. The molecule has 128 valence electrons. The highest BCUT2D eigenvalue weighted by molar-refractivity contribution is 4.32. The normalized spacial score (nSPS) is 9.00. The molecule has 0 aromatic heterocycles. The van der Waals surface area contributed by atoms with Gasteiger partial charge in [-0.25, -0.2) is 0 Å². The van der Waals surface area contributed by atoms with E-state index in [1.165, 1.54) is 0 Å². The summed E-state index contributed by atoms with van der Waals surface area (Å²) >= 11 is 0. The molecule has 4 heteroatoms. The Morgan fingerprint density at radius 1 is 0.600 bits per heavy atom. The molecule has 0 spiro atoms. The Labute approximate surface area is 126 Å². The number of hydrogen-bond donors (Lipinski definition) is 4. The van der Waals surface area contributed by atoms with Crippen LogP contribution in [0.4, 0.5) is 0 Å². The molecule has 0 saturated carbocycles. The minimum Gasteiger partial charge on any atom is -0.396 e. The second kappa shape index (κ2) is 31.3. The van der Waals surface area contributed by atoms with Crippen molar-refractivity contribution >= 4 is 0 Å². The Kier molecular flexibility index (Phi) is 43.9. The number of aliphatic hydroxyl groups excluding tert-OH is 4. The van der Waals surface area contributed by atoms with Crippen LogP contribution < -0.4 is 0 Å². The van der Waals surface area contributed by atoms with Crippen molar-refractivity contribution in [3.8, 4) is 0 Å². The van der Waals surface area contributed by atoms with Crippen molar-refractivity contribution in [3.63, 3.8) is 0 Å². The first-order valence-electron chi connectivity index (χ1n) is 7.81. The number of unbranched alkanes of at least 4 members (excludes halogenated alkanes) is 2. The quantitative estimate of drug-likeness (QED) is 0.607. The van der Waals surface area contributed by atoms with Crippen molar-refractivity contribution < 1.29 is 20.4 Å². The van der Waals surface area contributed by atoms with E-state index in [-0.39, 0.29) is 0 Å². The van der Waals surface area contributed by atoms with Crippen LogP contribution in [0.2, 0.25) is 0 Å². The van der Waals surface area contributed by atoms with Crippen molar-refractivity contribution in [1.82, 2.24) is 0 Å². The van der Waals surface area contributed by atoms with Gasteiger partial charge in [-0.15, -0.1) is 0 Å². The van der Waals surface area contributed by atoms with E-state index in [4.69, 9.17) is 20.4 Å². The molecule has 0 aliphatic heterocycles. The number of hydrogen-bond acceptors (Lipinski definition) is 4. The molecule has 0 atom stereocenters. The Balaban J connectivity index is -0.0000000853. The van der Waals surface area contributed by atoms with E-state index in [1.54, 1.807) is 0 Å². The predicted octanol–water partition coefficient (Wildman–Crippen LogP) is 2.83. The number of rotatable bonds is 6. The van der Waals surface area contributed by atoms with Gasteiger partial charge in [-0.2, -0.15) is 0 Å². The van der Waals surface area contributed by atoms with Gasteiger partial charge in [0, 0.05) is 26.4 Å². The van der Waals surface area contributed by atoms with Gasteiger partial charge in [-0.1, -0.05) is 54.4 Å². The minimum atomic E-state index is 0.306. The van der Waals surface area contributed by atoms with E-state index in [2.05, 4.69) is 13.8 Å². The third-order valence-corrected chi connectivity index (χ3v) is 1.75. The lowest BCUT2D eigenvalue weighted by atomic mass is 10.2. The Hall–Kier alpha value is -0.160.